The number of aromatic nitrogens is 2. The van der Waals surface area contributed by atoms with E-state index in [4.69, 9.17) is 5.73 Å². The lowest BCUT2D eigenvalue weighted by Crippen LogP contribution is -2.05. The lowest BCUT2D eigenvalue weighted by atomic mass is 10.2. The van der Waals surface area contributed by atoms with Crippen LogP contribution in [0.2, 0.25) is 0 Å². The Kier molecular flexibility index (Phi) is 6.09. The van der Waals surface area contributed by atoms with E-state index in [2.05, 4.69) is 18.5 Å². The fourth-order valence-electron chi connectivity index (χ4n) is 1.46. The van der Waals surface area contributed by atoms with E-state index in [1.807, 2.05) is 12.3 Å². The molecule has 1 aromatic rings. The summed E-state index contributed by atoms with van der Waals surface area (Å²) in [7, 11) is 0. The second kappa shape index (κ2) is 7.87. The molecule has 0 amide bonds. The summed E-state index contributed by atoms with van der Waals surface area (Å²) < 4.78 is 1.65. The van der Waals surface area contributed by atoms with Crippen molar-refractivity contribution in [2.75, 3.05) is 5.73 Å². The minimum atomic E-state index is -0.176. The van der Waals surface area contributed by atoms with Gasteiger partial charge in [0.25, 0.3) is 0 Å². The van der Waals surface area contributed by atoms with Gasteiger partial charge in [-0.3, -0.25) is 4.79 Å². The smallest absolute Gasteiger partial charge is 0.206 e. The number of nitrogens with zero attached hydrogens (tertiary/aromatic N) is 2. The van der Waals surface area contributed by atoms with Crippen molar-refractivity contribution in [3.8, 4) is 0 Å². The Hall–Kier alpha value is -2.36. The zero-order valence-corrected chi connectivity index (χ0v) is 11.1. The molecule has 1 aromatic heterocycles. The predicted molar refractivity (Wildman–Crippen MR) is 79.7 cm³/mol. The van der Waals surface area contributed by atoms with E-state index in [9.17, 15) is 4.79 Å². The van der Waals surface area contributed by atoms with Crippen molar-refractivity contribution in [3.63, 3.8) is 0 Å². The second-order valence-electron chi connectivity index (χ2n) is 3.90. The van der Waals surface area contributed by atoms with E-state index in [1.54, 1.807) is 35.2 Å². The highest BCUT2D eigenvalue weighted by Gasteiger charge is 2.12. The average molecular weight is 257 g/mol. The third-order valence-electron chi connectivity index (χ3n) is 2.38. The molecular weight excluding hydrogens is 238 g/mol. The zero-order chi connectivity index (χ0) is 14.1. The van der Waals surface area contributed by atoms with Crippen molar-refractivity contribution in [1.82, 2.24) is 9.55 Å². The van der Waals surface area contributed by atoms with Gasteiger partial charge < -0.3 is 10.3 Å². The summed E-state index contributed by atoms with van der Waals surface area (Å²) in [6.07, 6.45) is 15.6. The third-order valence-corrected chi connectivity index (χ3v) is 2.38. The molecule has 0 radical (unpaired) electrons. The topological polar surface area (TPSA) is 60.9 Å². The lowest BCUT2D eigenvalue weighted by Gasteiger charge is -1.99. The molecule has 0 bridgehead atoms. The van der Waals surface area contributed by atoms with Gasteiger partial charge in [0.1, 0.15) is 12.0 Å². The number of ketones is 1. The van der Waals surface area contributed by atoms with Crippen LogP contribution in [0.5, 0.6) is 0 Å². The molecule has 0 atom stereocenters. The third kappa shape index (κ3) is 4.43. The number of nitrogens with two attached hydrogens (primary N) is 1. The lowest BCUT2D eigenvalue weighted by molar-refractivity contribution is 0.104. The van der Waals surface area contributed by atoms with E-state index >= 15 is 0 Å². The number of imidazole rings is 1. The number of hydrogen-bond acceptors (Lipinski definition) is 3. The molecule has 0 spiro atoms. The van der Waals surface area contributed by atoms with Crippen LogP contribution in [0, 0.1) is 0 Å². The Morgan fingerprint density at radius 3 is 2.95 bits per heavy atom. The van der Waals surface area contributed by atoms with Crippen LogP contribution in [0.3, 0.4) is 0 Å². The Morgan fingerprint density at radius 2 is 2.26 bits per heavy atom. The first-order valence-corrected chi connectivity index (χ1v) is 6.19. The Labute approximate surface area is 113 Å². The van der Waals surface area contributed by atoms with Gasteiger partial charge >= 0.3 is 0 Å². The Bertz CT molecular complexity index is 521. The maximum Gasteiger partial charge on any atom is 0.206 e. The van der Waals surface area contributed by atoms with E-state index in [1.165, 1.54) is 6.08 Å². The molecule has 0 aromatic carbocycles. The van der Waals surface area contributed by atoms with Crippen LogP contribution < -0.4 is 5.73 Å². The first-order chi connectivity index (χ1) is 9.20. The van der Waals surface area contributed by atoms with Crippen molar-refractivity contribution in [2.24, 2.45) is 0 Å². The minimum Gasteiger partial charge on any atom is -0.382 e. The van der Waals surface area contributed by atoms with Gasteiger partial charge in [-0.2, -0.15) is 0 Å². The van der Waals surface area contributed by atoms with E-state index in [0.717, 1.165) is 12.8 Å². The standard InChI is InChI=1S/C15H19N3O/c1-3-5-7-8-10-13(19)14-15(16)17-12-18(14)11-9-6-4-2/h3,5,7-12H,1,4,6,16H2,2H3/b7-5-,10-8+,11-9+. The molecule has 4 heteroatoms. The van der Waals surface area contributed by atoms with Crippen LogP contribution in [-0.2, 0) is 0 Å². The molecule has 2 N–H and O–H groups in total. The summed E-state index contributed by atoms with van der Waals surface area (Å²) >= 11 is 0. The fraction of sp³-hybridized carbons (Fsp3) is 0.200. The largest absolute Gasteiger partial charge is 0.382 e. The van der Waals surface area contributed by atoms with Crippen LogP contribution >= 0.6 is 0 Å². The molecule has 1 rings (SSSR count). The molecule has 100 valence electrons. The van der Waals surface area contributed by atoms with Crippen LogP contribution in [0.4, 0.5) is 5.82 Å². The molecular formula is C15H19N3O. The quantitative estimate of drug-likeness (QED) is 0.463. The van der Waals surface area contributed by atoms with Crippen LogP contribution in [0.15, 0.2) is 49.4 Å². The molecule has 0 aliphatic heterocycles. The van der Waals surface area contributed by atoms with Crippen molar-refractivity contribution in [2.45, 2.75) is 19.8 Å². The van der Waals surface area contributed by atoms with Gasteiger partial charge in [-0.25, -0.2) is 4.98 Å². The molecule has 0 aliphatic carbocycles. The van der Waals surface area contributed by atoms with E-state index in [-0.39, 0.29) is 11.6 Å². The van der Waals surface area contributed by atoms with Gasteiger partial charge in [0, 0.05) is 6.20 Å². The van der Waals surface area contributed by atoms with E-state index in [0.29, 0.717) is 5.69 Å². The minimum absolute atomic E-state index is 0.176. The Balaban J connectivity index is 2.89. The fourth-order valence-corrected chi connectivity index (χ4v) is 1.46. The van der Waals surface area contributed by atoms with Crippen LogP contribution in [-0.4, -0.2) is 15.3 Å². The monoisotopic (exact) mass is 257 g/mol. The highest BCUT2D eigenvalue weighted by atomic mass is 16.1. The van der Waals surface area contributed by atoms with Gasteiger partial charge in [-0.05, 0) is 12.5 Å². The summed E-state index contributed by atoms with van der Waals surface area (Å²) in [5.74, 6) is 0.0633. The van der Waals surface area contributed by atoms with Gasteiger partial charge in [-0.15, -0.1) is 0 Å². The maximum absolute atomic E-state index is 12.0. The normalized spacial score (nSPS) is 11.8. The SMILES string of the molecule is C=C/C=C\C=C\C(=O)c1c(N)ncn1/C=C/CCC. The van der Waals surface area contributed by atoms with E-state index < -0.39 is 0 Å². The number of unbranched alkanes of at least 4 members (excludes halogenated alkanes) is 1. The van der Waals surface area contributed by atoms with Crippen LogP contribution in [0.1, 0.15) is 30.3 Å². The summed E-state index contributed by atoms with van der Waals surface area (Å²) in [5.41, 5.74) is 6.11. The molecule has 0 saturated carbocycles. The molecule has 0 fully saturated rings. The van der Waals surface area contributed by atoms with Gasteiger partial charge in [0.2, 0.25) is 5.78 Å². The maximum atomic E-state index is 12.0. The number of anilines is 1. The molecule has 0 unspecified atom stereocenters. The van der Waals surface area contributed by atoms with Crippen molar-refractivity contribution in [3.05, 3.63) is 55.1 Å². The Morgan fingerprint density at radius 1 is 1.47 bits per heavy atom. The van der Waals surface area contributed by atoms with Gasteiger partial charge in [0.15, 0.2) is 5.82 Å². The zero-order valence-electron chi connectivity index (χ0n) is 11.1. The number of rotatable bonds is 7. The molecule has 4 nitrogen and oxygen atoms in total. The van der Waals surface area contributed by atoms with Crippen molar-refractivity contribution in [1.29, 1.82) is 0 Å². The molecule has 0 aliphatic rings. The number of carbonyl (C=O) groups is 1. The van der Waals surface area contributed by atoms with Crippen molar-refractivity contribution >= 4 is 17.8 Å². The number of hydrogen-bond donors (Lipinski definition) is 1. The highest BCUT2D eigenvalue weighted by Crippen LogP contribution is 2.12. The summed E-state index contributed by atoms with van der Waals surface area (Å²) in [6.45, 7) is 5.64. The van der Waals surface area contributed by atoms with Crippen LogP contribution in [0.25, 0.3) is 6.20 Å². The van der Waals surface area contributed by atoms with Gasteiger partial charge in [0.05, 0.1) is 0 Å². The first-order valence-electron chi connectivity index (χ1n) is 6.19. The average Bonchev–Trinajstić information content (AvgIpc) is 2.76. The molecule has 1 heterocycles. The summed E-state index contributed by atoms with van der Waals surface area (Å²) in [4.78, 5) is 16.0. The first kappa shape index (κ1) is 14.7. The number of nitrogen functional groups attached to an aromatic ring is 1. The molecule has 19 heavy (non-hydrogen) atoms. The summed E-state index contributed by atoms with van der Waals surface area (Å²) in [5, 5.41) is 0. The highest BCUT2D eigenvalue weighted by molar-refractivity contribution is 6.06. The number of allylic oxidation sites excluding steroid dienone is 6. The summed E-state index contributed by atoms with van der Waals surface area (Å²) in [6, 6.07) is 0. The van der Waals surface area contributed by atoms with Gasteiger partial charge in [-0.1, -0.05) is 50.3 Å². The molecule has 0 saturated heterocycles. The van der Waals surface area contributed by atoms with Crippen molar-refractivity contribution < 1.29 is 4.79 Å². The number of carbonyl (C=O) groups excluding carboxylic acids is 1. The second-order valence-corrected chi connectivity index (χ2v) is 3.90. The predicted octanol–water partition coefficient (Wildman–Crippen LogP) is 3.22.